The van der Waals surface area contributed by atoms with Crippen LogP contribution in [0.4, 0.5) is 0 Å². The summed E-state index contributed by atoms with van der Waals surface area (Å²) in [5, 5.41) is 6.12. The summed E-state index contributed by atoms with van der Waals surface area (Å²) in [7, 11) is 1.74. The molecule has 1 fully saturated rings. The molecule has 0 aromatic heterocycles. The molecule has 0 unspecified atom stereocenters. The van der Waals surface area contributed by atoms with Crippen molar-refractivity contribution in [1.29, 1.82) is 0 Å². The van der Waals surface area contributed by atoms with E-state index in [0.29, 0.717) is 19.6 Å². The maximum atomic E-state index is 12.2. The van der Waals surface area contributed by atoms with Crippen molar-refractivity contribution in [3.05, 3.63) is 0 Å². The van der Waals surface area contributed by atoms with E-state index in [9.17, 15) is 14.4 Å². The van der Waals surface area contributed by atoms with Gasteiger partial charge in [-0.05, 0) is 46.2 Å². The van der Waals surface area contributed by atoms with Crippen LogP contribution in [0, 0.1) is 0 Å². The Balaban J connectivity index is 2.36. The van der Waals surface area contributed by atoms with Crippen LogP contribution in [-0.2, 0) is 14.4 Å². The number of likely N-dealkylation sites (N-methyl/N-ethyl adjacent to an activating group) is 1. The maximum absolute atomic E-state index is 12.2. The van der Waals surface area contributed by atoms with E-state index in [1.807, 2.05) is 4.90 Å². The van der Waals surface area contributed by atoms with Crippen molar-refractivity contribution in [2.75, 3.05) is 26.8 Å². The molecule has 1 rings (SSSR count). The van der Waals surface area contributed by atoms with Crippen molar-refractivity contribution in [1.82, 2.24) is 15.5 Å². The first kappa shape index (κ1) is 20.9. The molecule has 0 amide bonds. The van der Waals surface area contributed by atoms with Gasteiger partial charge in [0.1, 0.15) is 6.29 Å². The number of hydrogen-bond acceptors (Lipinski definition) is 7. The van der Waals surface area contributed by atoms with Crippen LogP contribution in [-0.4, -0.2) is 67.7 Å². The lowest BCUT2D eigenvalue weighted by molar-refractivity contribution is -0.129. The van der Waals surface area contributed by atoms with Gasteiger partial charge in [-0.25, -0.2) is 0 Å². The summed E-state index contributed by atoms with van der Waals surface area (Å²) >= 11 is 0. The van der Waals surface area contributed by atoms with E-state index in [1.165, 1.54) is 0 Å². The van der Waals surface area contributed by atoms with Gasteiger partial charge >= 0.3 is 0 Å². The first-order chi connectivity index (χ1) is 11.5. The zero-order valence-corrected chi connectivity index (χ0v) is 14.9. The Morgan fingerprint density at radius 2 is 2.08 bits per heavy atom. The number of aldehydes is 1. The highest BCUT2D eigenvalue weighted by molar-refractivity contribution is 6.03. The summed E-state index contributed by atoms with van der Waals surface area (Å²) in [6, 6.07) is -0.744. The van der Waals surface area contributed by atoms with Gasteiger partial charge in [0, 0.05) is 13.2 Å². The van der Waals surface area contributed by atoms with E-state index >= 15 is 0 Å². The number of nitrogens with two attached hydrogens (primary N) is 1. The third kappa shape index (κ3) is 6.76. The fourth-order valence-electron chi connectivity index (χ4n) is 2.98. The average molecular weight is 340 g/mol. The number of carbonyl (C=O) groups is 3. The zero-order valence-electron chi connectivity index (χ0n) is 14.9. The molecule has 138 valence electrons. The fraction of sp³-hybridized carbons (Fsp3) is 0.824. The monoisotopic (exact) mass is 340 g/mol. The second-order valence-corrected chi connectivity index (χ2v) is 6.48. The number of ketones is 2. The van der Waals surface area contributed by atoms with Crippen molar-refractivity contribution < 1.29 is 14.4 Å². The standard InChI is InChI=1S/C17H32N4O3/c1-13(20-12-21-9-5-6-14(21)11-22)16(23)10-17(24)15(19-2)7-3-4-8-18/h11,13-15,19-20H,3-10,12,18H2,1-2H3/t13-,14-,15-/m0/s1. The van der Waals surface area contributed by atoms with Crippen LogP contribution in [0.15, 0.2) is 0 Å². The van der Waals surface area contributed by atoms with Gasteiger partial charge in [-0.1, -0.05) is 6.42 Å². The Morgan fingerprint density at radius 3 is 2.71 bits per heavy atom. The Labute approximate surface area is 144 Å². The lowest BCUT2D eigenvalue weighted by Gasteiger charge is -2.23. The summed E-state index contributed by atoms with van der Waals surface area (Å²) in [5.41, 5.74) is 5.46. The lowest BCUT2D eigenvalue weighted by Crippen LogP contribution is -2.45. The van der Waals surface area contributed by atoms with Crippen LogP contribution in [0.3, 0.4) is 0 Å². The molecule has 3 atom stereocenters. The average Bonchev–Trinajstić information content (AvgIpc) is 3.03. The molecule has 0 spiro atoms. The summed E-state index contributed by atoms with van der Waals surface area (Å²) in [5.74, 6) is -0.180. The van der Waals surface area contributed by atoms with Gasteiger partial charge in [0.05, 0.1) is 24.5 Å². The predicted molar refractivity (Wildman–Crippen MR) is 93.6 cm³/mol. The molecular formula is C17H32N4O3. The number of nitrogens with zero attached hydrogens (tertiary/aromatic N) is 1. The number of nitrogens with one attached hydrogen (secondary N) is 2. The third-order valence-corrected chi connectivity index (χ3v) is 4.69. The second-order valence-electron chi connectivity index (χ2n) is 6.48. The molecular weight excluding hydrogens is 308 g/mol. The van der Waals surface area contributed by atoms with Gasteiger partial charge in [0.2, 0.25) is 0 Å². The molecule has 0 aromatic rings. The molecule has 0 aliphatic carbocycles. The molecule has 0 saturated carbocycles. The minimum absolute atomic E-state index is 0.0577. The number of hydrogen-bond donors (Lipinski definition) is 3. The van der Waals surface area contributed by atoms with Crippen molar-refractivity contribution in [2.24, 2.45) is 5.73 Å². The van der Waals surface area contributed by atoms with Crippen LogP contribution in [0.2, 0.25) is 0 Å². The van der Waals surface area contributed by atoms with Crippen molar-refractivity contribution >= 4 is 17.9 Å². The number of Topliss-reactive ketones (excluding diaryl/α,β-unsaturated/α-hetero) is 2. The van der Waals surface area contributed by atoms with Gasteiger partial charge in [0.15, 0.2) is 11.6 Å². The van der Waals surface area contributed by atoms with Gasteiger partial charge in [-0.2, -0.15) is 0 Å². The van der Waals surface area contributed by atoms with Crippen LogP contribution >= 0.6 is 0 Å². The number of unbranched alkanes of at least 4 members (excludes halogenated alkanes) is 1. The first-order valence-corrected chi connectivity index (χ1v) is 8.89. The van der Waals surface area contributed by atoms with E-state index in [4.69, 9.17) is 5.73 Å². The van der Waals surface area contributed by atoms with Gasteiger partial charge < -0.3 is 15.8 Å². The highest BCUT2D eigenvalue weighted by Gasteiger charge is 2.26. The Hall–Kier alpha value is -1.15. The molecule has 0 radical (unpaired) electrons. The topological polar surface area (TPSA) is 105 Å². The second kappa shape index (κ2) is 11.4. The maximum Gasteiger partial charge on any atom is 0.157 e. The molecule has 1 aliphatic rings. The van der Waals surface area contributed by atoms with Gasteiger partial charge in [-0.3, -0.25) is 19.8 Å². The molecule has 1 aliphatic heterocycles. The molecule has 0 bridgehead atoms. The van der Waals surface area contributed by atoms with Crippen molar-refractivity contribution in [3.8, 4) is 0 Å². The van der Waals surface area contributed by atoms with E-state index in [-0.39, 0.29) is 30.1 Å². The Bertz CT molecular complexity index is 417. The number of likely N-dealkylation sites (tertiary alicyclic amines) is 1. The number of carbonyl (C=O) groups excluding carboxylic acids is 3. The molecule has 1 heterocycles. The summed E-state index contributed by atoms with van der Waals surface area (Å²) < 4.78 is 0. The molecule has 1 saturated heterocycles. The van der Waals surface area contributed by atoms with E-state index in [0.717, 1.165) is 38.5 Å². The van der Waals surface area contributed by atoms with Crippen LogP contribution in [0.25, 0.3) is 0 Å². The highest BCUT2D eigenvalue weighted by atomic mass is 16.2. The van der Waals surface area contributed by atoms with E-state index in [2.05, 4.69) is 10.6 Å². The van der Waals surface area contributed by atoms with Crippen LogP contribution < -0.4 is 16.4 Å². The lowest BCUT2D eigenvalue weighted by atomic mass is 9.99. The smallest absolute Gasteiger partial charge is 0.157 e. The minimum atomic E-state index is -0.400. The summed E-state index contributed by atoms with van der Waals surface area (Å²) in [6.45, 7) is 3.74. The quantitative estimate of drug-likeness (QED) is 0.243. The normalized spacial score (nSPS) is 20.7. The number of rotatable bonds is 13. The zero-order chi connectivity index (χ0) is 17.9. The molecule has 4 N–H and O–H groups in total. The molecule has 24 heavy (non-hydrogen) atoms. The van der Waals surface area contributed by atoms with E-state index < -0.39 is 6.04 Å². The minimum Gasteiger partial charge on any atom is -0.330 e. The third-order valence-electron chi connectivity index (χ3n) is 4.69. The Morgan fingerprint density at radius 1 is 1.33 bits per heavy atom. The van der Waals surface area contributed by atoms with Crippen LogP contribution in [0.1, 0.15) is 45.4 Å². The predicted octanol–water partition coefficient (Wildman–Crippen LogP) is -0.169. The molecule has 0 aromatic carbocycles. The Kier molecular flexibility index (Phi) is 9.94. The van der Waals surface area contributed by atoms with Crippen molar-refractivity contribution in [3.63, 3.8) is 0 Å². The van der Waals surface area contributed by atoms with Gasteiger partial charge in [-0.15, -0.1) is 0 Å². The summed E-state index contributed by atoms with van der Waals surface area (Å²) in [6.07, 6.45) is 5.22. The van der Waals surface area contributed by atoms with Crippen molar-refractivity contribution in [2.45, 2.75) is 63.6 Å². The molecule has 7 nitrogen and oxygen atoms in total. The first-order valence-electron chi connectivity index (χ1n) is 8.89. The highest BCUT2D eigenvalue weighted by Crippen LogP contribution is 2.14. The summed E-state index contributed by atoms with van der Waals surface area (Å²) in [4.78, 5) is 37.5. The fourth-order valence-corrected chi connectivity index (χ4v) is 2.98. The van der Waals surface area contributed by atoms with Crippen LogP contribution in [0.5, 0.6) is 0 Å². The largest absolute Gasteiger partial charge is 0.330 e. The van der Waals surface area contributed by atoms with Gasteiger partial charge in [0.25, 0.3) is 0 Å². The van der Waals surface area contributed by atoms with E-state index in [1.54, 1.807) is 14.0 Å². The SMILES string of the molecule is CN[C@@H](CCCCN)C(=O)CC(=O)[C@H](C)NCN1CCC[C@H]1C=O. The molecule has 7 heteroatoms.